The number of rotatable bonds is 1. The van der Waals surface area contributed by atoms with Gasteiger partial charge < -0.3 is 0 Å². The summed E-state index contributed by atoms with van der Waals surface area (Å²) in [5, 5.41) is 3.31. The van der Waals surface area contributed by atoms with Crippen molar-refractivity contribution in [3.63, 3.8) is 0 Å². The number of benzene rings is 1. The van der Waals surface area contributed by atoms with E-state index >= 15 is 0 Å². The lowest BCUT2D eigenvalue weighted by Gasteiger charge is -2.02. The lowest BCUT2D eigenvalue weighted by molar-refractivity contribution is 1.30. The van der Waals surface area contributed by atoms with Gasteiger partial charge in [-0.25, -0.2) is 4.98 Å². The lowest BCUT2D eigenvalue weighted by Crippen LogP contribution is -1.83. The third-order valence-electron chi connectivity index (χ3n) is 1.96. The summed E-state index contributed by atoms with van der Waals surface area (Å²) in [7, 11) is 0. The summed E-state index contributed by atoms with van der Waals surface area (Å²) in [5.74, 6) is 0. The maximum atomic E-state index is 4.18. The van der Waals surface area contributed by atoms with Gasteiger partial charge in [-0.15, -0.1) is 0 Å². The Balaban J connectivity index is 2.79. The molecule has 0 aliphatic rings. The molecule has 0 saturated carbocycles. The van der Waals surface area contributed by atoms with Gasteiger partial charge in [-0.3, -0.25) is 0 Å². The first-order valence-electron chi connectivity index (χ1n) is 3.90. The molecule has 0 amide bonds. The topological polar surface area (TPSA) is 12.9 Å². The number of alkyl halides is 1. The number of halogens is 2. The standard InChI is InChI=1S/C10H7Br2N/c11-5-7-2-1-3-8-6-13-10(12)4-9(7)8/h1-4,6H,5H2. The van der Waals surface area contributed by atoms with Gasteiger partial charge in [0.15, 0.2) is 0 Å². The fourth-order valence-electron chi connectivity index (χ4n) is 1.33. The molecule has 2 aromatic rings. The zero-order valence-electron chi connectivity index (χ0n) is 6.80. The van der Waals surface area contributed by atoms with Crippen LogP contribution in [-0.2, 0) is 5.33 Å². The van der Waals surface area contributed by atoms with Crippen molar-refractivity contribution in [1.82, 2.24) is 4.98 Å². The van der Waals surface area contributed by atoms with E-state index in [-0.39, 0.29) is 0 Å². The second kappa shape index (κ2) is 3.76. The highest BCUT2D eigenvalue weighted by Gasteiger charge is 1.99. The third kappa shape index (κ3) is 1.76. The van der Waals surface area contributed by atoms with E-state index in [4.69, 9.17) is 0 Å². The Labute approximate surface area is 93.4 Å². The third-order valence-corrected chi connectivity index (χ3v) is 3.00. The van der Waals surface area contributed by atoms with Gasteiger partial charge >= 0.3 is 0 Å². The zero-order valence-corrected chi connectivity index (χ0v) is 9.97. The number of hydrogen-bond donors (Lipinski definition) is 0. The molecule has 1 aromatic carbocycles. The monoisotopic (exact) mass is 299 g/mol. The Morgan fingerprint density at radius 1 is 1.31 bits per heavy atom. The first-order chi connectivity index (χ1) is 6.31. The highest BCUT2D eigenvalue weighted by molar-refractivity contribution is 9.10. The van der Waals surface area contributed by atoms with Gasteiger partial charge in [-0.1, -0.05) is 34.1 Å². The van der Waals surface area contributed by atoms with Crippen molar-refractivity contribution in [2.24, 2.45) is 0 Å². The second-order valence-electron chi connectivity index (χ2n) is 2.78. The van der Waals surface area contributed by atoms with E-state index in [9.17, 15) is 0 Å². The molecule has 0 spiro atoms. The Morgan fingerprint density at radius 2 is 2.15 bits per heavy atom. The van der Waals surface area contributed by atoms with E-state index in [2.05, 4.69) is 55.0 Å². The van der Waals surface area contributed by atoms with Crippen molar-refractivity contribution in [2.75, 3.05) is 0 Å². The second-order valence-corrected chi connectivity index (χ2v) is 4.15. The van der Waals surface area contributed by atoms with Gasteiger partial charge in [0, 0.05) is 16.9 Å². The molecule has 1 heterocycles. The van der Waals surface area contributed by atoms with E-state index in [1.807, 2.05) is 12.3 Å². The molecule has 0 aliphatic heterocycles. The normalized spacial score (nSPS) is 10.6. The van der Waals surface area contributed by atoms with Crippen LogP contribution >= 0.6 is 31.9 Å². The Kier molecular flexibility index (Phi) is 2.65. The predicted molar refractivity (Wildman–Crippen MR) is 62.1 cm³/mol. The van der Waals surface area contributed by atoms with E-state index < -0.39 is 0 Å². The predicted octanol–water partition coefficient (Wildman–Crippen LogP) is 3.89. The minimum Gasteiger partial charge on any atom is -0.249 e. The van der Waals surface area contributed by atoms with Crippen molar-refractivity contribution in [2.45, 2.75) is 5.33 Å². The number of fused-ring (bicyclic) bond motifs is 1. The molecule has 0 unspecified atom stereocenters. The molecular formula is C10H7Br2N. The molecule has 1 nitrogen and oxygen atoms in total. The quantitative estimate of drug-likeness (QED) is 0.575. The van der Waals surface area contributed by atoms with Crippen LogP contribution in [0.25, 0.3) is 10.8 Å². The fourth-order valence-corrected chi connectivity index (χ4v) is 2.15. The van der Waals surface area contributed by atoms with E-state index in [0.717, 1.165) is 9.93 Å². The minimum atomic E-state index is 0.876. The van der Waals surface area contributed by atoms with Gasteiger partial charge in [0.1, 0.15) is 4.60 Å². The average molecular weight is 301 g/mol. The van der Waals surface area contributed by atoms with Crippen LogP contribution in [0.2, 0.25) is 0 Å². The SMILES string of the molecule is BrCc1cccc2cnc(Br)cc12. The minimum absolute atomic E-state index is 0.876. The smallest absolute Gasteiger partial charge is 0.106 e. The number of aromatic nitrogens is 1. The van der Waals surface area contributed by atoms with Gasteiger partial charge in [0.25, 0.3) is 0 Å². The molecule has 0 bridgehead atoms. The van der Waals surface area contributed by atoms with Crippen LogP contribution in [0.15, 0.2) is 35.1 Å². The van der Waals surface area contributed by atoms with Crippen LogP contribution < -0.4 is 0 Å². The first kappa shape index (κ1) is 9.16. The number of pyridine rings is 1. The van der Waals surface area contributed by atoms with Crippen LogP contribution in [0.3, 0.4) is 0 Å². The molecule has 1 aromatic heterocycles. The first-order valence-corrected chi connectivity index (χ1v) is 5.82. The van der Waals surface area contributed by atoms with Gasteiger partial charge in [-0.2, -0.15) is 0 Å². The number of nitrogens with zero attached hydrogens (tertiary/aromatic N) is 1. The summed E-state index contributed by atoms with van der Waals surface area (Å²) >= 11 is 6.84. The summed E-state index contributed by atoms with van der Waals surface area (Å²) in [6, 6.07) is 8.28. The van der Waals surface area contributed by atoms with Crippen molar-refractivity contribution in [3.8, 4) is 0 Å². The molecule has 0 N–H and O–H groups in total. The highest BCUT2D eigenvalue weighted by atomic mass is 79.9. The van der Waals surface area contributed by atoms with Crippen LogP contribution in [0.4, 0.5) is 0 Å². The average Bonchev–Trinajstić information content (AvgIpc) is 2.17. The van der Waals surface area contributed by atoms with E-state index in [0.29, 0.717) is 0 Å². The van der Waals surface area contributed by atoms with Crippen LogP contribution in [0.1, 0.15) is 5.56 Å². The summed E-state index contributed by atoms with van der Waals surface area (Å²) in [4.78, 5) is 4.18. The molecule has 0 saturated heterocycles. The fraction of sp³-hybridized carbons (Fsp3) is 0.100. The molecule has 0 atom stereocenters. The van der Waals surface area contributed by atoms with E-state index in [1.165, 1.54) is 16.3 Å². The number of hydrogen-bond acceptors (Lipinski definition) is 1. The molecule has 2 rings (SSSR count). The lowest BCUT2D eigenvalue weighted by atomic mass is 10.1. The molecular weight excluding hydrogens is 294 g/mol. The van der Waals surface area contributed by atoms with Crippen LogP contribution in [0.5, 0.6) is 0 Å². The summed E-state index contributed by atoms with van der Waals surface area (Å²) < 4.78 is 0.883. The molecule has 0 aliphatic carbocycles. The van der Waals surface area contributed by atoms with Crippen LogP contribution in [0, 0.1) is 0 Å². The summed E-state index contributed by atoms with van der Waals surface area (Å²) in [5.41, 5.74) is 1.29. The maximum absolute atomic E-state index is 4.18. The Bertz CT molecular complexity index is 440. The van der Waals surface area contributed by atoms with Crippen LogP contribution in [-0.4, -0.2) is 4.98 Å². The molecule has 13 heavy (non-hydrogen) atoms. The van der Waals surface area contributed by atoms with E-state index in [1.54, 1.807) is 0 Å². The van der Waals surface area contributed by atoms with Crippen molar-refractivity contribution in [3.05, 3.63) is 40.6 Å². The highest BCUT2D eigenvalue weighted by Crippen LogP contribution is 2.22. The molecule has 66 valence electrons. The van der Waals surface area contributed by atoms with Gasteiger partial charge in [0.2, 0.25) is 0 Å². The van der Waals surface area contributed by atoms with Gasteiger partial charge in [-0.05, 0) is 32.9 Å². The maximum Gasteiger partial charge on any atom is 0.106 e. The zero-order chi connectivity index (χ0) is 9.26. The van der Waals surface area contributed by atoms with Crippen molar-refractivity contribution >= 4 is 42.6 Å². The molecule has 3 heteroatoms. The summed E-state index contributed by atoms with van der Waals surface area (Å²) in [6.07, 6.45) is 1.88. The van der Waals surface area contributed by atoms with Crippen molar-refractivity contribution in [1.29, 1.82) is 0 Å². The Morgan fingerprint density at radius 3 is 2.92 bits per heavy atom. The summed E-state index contributed by atoms with van der Waals surface area (Å²) in [6.45, 7) is 0. The molecule has 0 radical (unpaired) electrons. The molecule has 0 fully saturated rings. The largest absolute Gasteiger partial charge is 0.249 e. The van der Waals surface area contributed by atoms with Gasteiger partial charge in [0.05, 0.1) is 0 Å². The Hall–Kier alpha value is -0.410. The van der Waals surface area contributed by atoms with Crippen molar-refractivity contribution < 1.29 is 0 Å².